The van der Waals surface area contributed by atoms with Crippen LogP contribution in [0.4, 0.5) is 22.7 Å². The van der Waals surface area contributed by atoms with E-state index in [9.17, 15) is 5.11 Å². The van der Waals surface area contributed by atoms with Crippen molar-refractivity contribution in [2.45, 2.75) is 39.5 Å². The van der Waals surface area contributed by atoms with Gasteiger partial charge in [0.05, 0.1) is 22.7 Å². The molecule has 1 N–H and O–H groups in total. The van der Waals surface area contributed by atoms with Gasteiger partial charge in [-0.3, -0.25) is 4.57 Å². The second-order valence-electron chi connectivity index (χ2n) is 10.7. The van der Waals surface area contributed by atoms with Crippen molar-refractivity contribution in [2.75, 3.05) is 16.5 Å². The molecule has 196 valence electrons. The number of phenolic OH excluding ortho intramolecular Hbond substituents is 1. The standard InChI is InChI=1S/C34H34N4O/c1-23(2)27-13-10-14-28(24(3)4)33(27)36-20-19-35-34(36)25-11-9-12-26(21-25)37-22-38(30-16-6-5-15-29(30)37)31-17-7-8-18-32(31)39/h5-21,23-24,39H,22H2,1-4H3. The maximum atomic E-state index is 10.6. The zero-order valence-electron chi connectivity index (χ0n) is 22.9. The van der Waals surface area contributed by atoms with Gasteiger partial charge in [0.25, 0.3) is 0 Å². The number of anilines is 4. The zero-order valence-corrected chi connectivity index (χ0v) is 22.9. The SMILES string of the molecule is CC(C)c1cccc(C(C)C)c1-n1ccnc1-c1cccc(N2CN(c3ccccc3O)c3ccccc32)c1. The predicted molar refractivity (Wildman–Crippen MR) is 161 cm³/mol. The molecule has 1 aliphatic rings. The third-order valence-corrected chi connectivity index (χ3v) is 7.56. The molecule has 0 bridgehead atoms. The van der Waals surface area contributed by atoms with E-state index in [1.54, 1.807) is 6.07 Å². The van der Waals surface area contributed by atoms with Crippen LogP contribution in [0.1, 0.15) is 50.7 Å². The lowest BCUT2D eigenvalue weighted by Crippen LogP contribution is -2.24. The molecule has 5 aromatic rings. The molecule has 1 aromatic heterocycles. The first-order valence-electron chi connectivity index (χ1n) is 13.6. The number of aromatic hydroxyl groups is 1. The van der Waals surface area contributed by atoms with E-state index in [0.717, 1.165) is 34.1 Å². The number of hydrogen-bond donors (Lipinski definition) is 1. The van der Waals surface area contributed by atoms with Gasteiger partial charge in [-0.15, -0.1) is 0 Å². The van der Waals surface area contributed by atoms with E-state index in [2.05, 4.69) is 109 Å². The highest BCUT2D eigenvalue weighted by Crippen LogP contribution is 2.46. The van der Waals surface area contributed by atoms with Gasteiger partial charge in [0.1, 0.15) is 18.2 Å². The maximum Gasteiger partial charge on any atom is 0.144 e. The van der Waals surface area contributed by atoms with Gasteiger partial charge in [0.15, 0.2) is 0 Å². The lowest BCUT2D eigenvalue weighted by Gasteiger charge is -2.24. The summed E-state index contributed by atoms with van der Waals surface area (Å²) in [5.41, 5.74) is 8.99. The number of imidazole rings is 1. The van der Waals surface area contributed by atoms with Crippen LogP contribution in [0.3, 0.4) is 0 Å². The number of nitrogens with zero attached hydrogens (tertiary/aromatic N) is 4. The number of fused-ring (bicyclic) bond motifs is 1. The lowest BCUT2D eigenvalue weighted by atomic mass is 9.92. The number of benzene rings is 4. The van der Waals surface area contributed by atoms with Crippen molar-refractivity contribution in [1.82, 2.24) is 9.55 Å². The van der Waals surface area contributed by atoms with Crippen molar-refractivity contribution < 1.29 is 5.11 Å². The Kier molecular flexibility index (Phi) is 6.35. The lowest BCUT2D eigenvalue weighted by molar-refractivity contribution is 0.476. The summed E-state index contributed by atoms with van der Waals surface area (Å²) in [6.07, 6.45) is 3.98. The molecule has 39 heavy (non-hydrogen) atoms. The second-order valence-corrected chi connectivity index (χ2v) is 10.7. The molecule has 5 nitrogen and oxygen atoms in total. The smallest absolute Gasteiger partial charge is 0.144 e. The van der Waals surface area contributed by atoms with Crippen molar-refractivity contribution in [3.8, 4) is 22.8 Å². The molecule has 5 heteroatoms. The molecule has 6 rings (SSSR count). The Bertz CT molecular complexity index is 1610. The monoisotopic (exact) mass is 514 g/mol. The molecule has 0 spiro atoms. The Morgan fingerprint density at radius 3 is 1.97 bits per heavy atom. The molecule has 0 unspecified atom stereocenters. The van der Waals surface area contributed by atoms with E-state index in [1.807, 2.05) is 30.5 Å². The maximum absolute atomic E-state index is 10.6. The quantitative estimate of drug-likeness (QED) is 0.246. The number of phenols is 1. The summed E-state index contributed by atoms with van der Waals surface area (Å²) >= 11 is 0. The van der Waals surface area contributed by atoms with Crippen LogP contribution < -0.4 is 9.80 Å². The minimum absolute atomic E-state index is 0.273. The normalized spacial score (nSPS) is 13.0. The van der Waals surface area contributed by atoms with Crippen LogP contribution in [0.5, 0.6) is 5.75 Å². The minimum atomic E-state index is 0.273. The first kappa shape index (κ1) is 24.8. The predicted octanol–water partition coefficient (Wildman–Crippen LogP) is 8.74. The number of hydrogen-bond acceptors (Lipinski definition) is 4. The van der Waals surface area contributed by atoms with E-state index >= 15 is 0 Å². The first-order valence-corrected chi connectivity index (χ1v) is 13.6. The highest BCUT2D eigenvalue weighted by atomic mass is 16.3. The van der Waals surface area contributed by atoms with E-state index in [4.69, 9.17) is 4.98 Å². The van der Waals surface area contributed by atoms with Crippen molar-refractivity contribution >= 4 is 22.7 Å². The van der Waals surface area contributed by atoms with Crippen molar-refractivity contribution in [1.29, 1.82) is 0 Å². The third-order valence-electron chi connectivity index (χ3n) is 7.56. The number of para-hydroxylation sites is 5. The highest BCUT2D eigenvalue weighted by Gasteiger charge is 2.29. The van der Waals surface area contributed by atoms with E-state index in [0.29, 0.717) is 18.5 Å². The van der Waals surface area contributed by atoms with Crippen LogP contribution in [-0.2, 0) is 0 Å². The summed E-state index contributed by atoms with van der Waals surface area (Å²) < 4.78 is 2.26. The molecule has 0 fully saturated rings. The fraction of sp³-hybridized carbons (Fsp3) is 0.206. The highest BCUT2D eigenvalue weighted by molar-refractivity contribution is 5.88. The molecule has 2 heterocycles. The first-order chi connectivity index (χ1) is 18.9. The van der Waals surface area contributed by atoms with Gasteiger partial charge in [-0.05, 0) is 59.4 Å². The number of aromatic nitrogens is 2. The largest absolute Gasteiger partial charge is 0.506 e. The minimum Gasteiger partial charge on any atom is -0.506 e. The summed E-state index contributed by atoms with van der Waals surface area (Å²) in [5.74, 6) is 1.98. The van der Waals surface area contributed by atoms with Crippen molar-refractivity contribution in [2.24, 2.45) is 0 Å². The Hall–Kier alpha value is -4.51. The Balaban J connectivity index is 1.44. The molecule has 0 saturated heterocycles. The third kappa shape index (κ3) is 4.34. The van der Waals surface area contributed by atoms with Gasteiger partial charge in [0.2, 0.25) is 0 Å². The van der Waals surface area contributed by atoms with Crippen molar-refractivity contribution in [3.05, 3.63) is 115 Å². The molecular weight excluding hydrogens is 480 g/mol. The summed E-state index contributed by atoms with van der Waals surface area (Å²) in [5, 5.41) is 10.6. The molecule has 0 amide bonds. The molecule has 0 radical (unpaired) electrons. The Labute approximate surface area is 230 Å². The summed E-state index contributed by atoms with van der Waals surface area (Å²) in [6, 6.07) is 31.1. The van der Waals surface area contributed by atoms with Crippen molar-refractivity contribution in [3.63, 3.8) is 0 Å². The zero-order chi connectivity index (χ0) is 27.1. The van der Waals surface area contributed by atoms with Crippen LogP contribution in [0.15, 0.2) is 103 Å². The van der Waals surface area contributed by atoms with Crippen LogP contribution in [0, 0.1) is 0 Å². The summed E-state index contributed by atoms with van der Waals surface area (Å²) in [7, 11) is 0. The molecule has 0 saturated carbocycles. The Morgan fingerprint density at radius 1 is 0.692 bits per heavy atom. The fourth-order valence-corrected chi connectivity index (χ4v) is 5.63. The summed E-state index contributed by atoms with van der Waals surface area (Å²) in [4.78, 5) is 9.30. The Morgan fingerprint density at radius 2 is 1.31 bits per heavy atom. The topological polar surface area (TPSA) is 44.5 Å². The summed E-state index contributed by atoms with van der Waals surface area (Å²) in [6.45, 7) is 9.60. The van der Waals surface area contributed by atoms with Gasteiger partial charge in [-0.25, -0.2) is 4.98 Å². The van der Waals surface area contributed by atoms with Gasteiger partial charge in [-0.1, -0.05) is 82.3 Å². The van der Waals surface area contributed by atoms with Crippen LogP contribution in [-0.4, -0.2) is 21.3 Å². The van der Waals surface area contributed by atoms with Crippen LogP contribution in [0.2, 0.25) is 0 Å². The second kappa shape index (κ2) is 9.99. The number of rotatable bonds is 6. The van der Waals surface area contributed by atoms with E-state index < -0.39 is 0 Å². The van der Waals surface area contributed by atoms with Gasteiger partial charge in [0, 0.05) is 23.6 Å². The van der Waals surface area contributed by atoms with Gasteiger partial charge >= 0.3 is 0 Å². The fourth-order valence-electron chi connectivity index (χ4n) is 5.63. The molecule has 0 atom stereocenters. The molecule has 0 aliphatic carbocycles. The molecule has 1 aliphatic heterocycles. The van der Waals surface area contributed by atoms with Crippen LogP contribution in [0.25, 0.3) is 17.1 Å². The van der Waals surface area contributed by atoms with E-state index in [-0.39, 0.29) is 5.75 Å². The molecular formula is C34H34N4O. The average molecular weight is 515 g/mol. The molecule has 4 aromatic carbocycles. The van der Waals surface area contributed by atoms with Gasteiger partial charge < -0.3 is 14.9 Å². The van der Waals surface area contributed by atoms with E-state index in [1.165, 1.54) is 16.8 Å². The van der Waals surface area contributed by atoms with Gasteiger partial charge in [-0.2, -0.15) is 0 Å². The average Bonchev–Trinajstić information content (AvgIpc) is 3.58. The van der Waals surface area contributed by atoms with Crippen LogP contribution >= 0.6 is 0 Å².